The first-order chi connectivity index (χ1) is 16.3. The molecule has 170 valence electrons. The number of non-ortho nitro benzene ring substituents is 1. The van der Waals surface area contributed by atoms with E-state index in [0.29, 0.717) is 21.7 Å². The Labute approximate surface area is 201 Å². The van der Waals surface area contributed by atoms with Crippen molar-refractivity contribution in [2.45, 2.75) is 12.5 Å². The molecule has 0 spiro atoms. The lowest BCUT2D eigenvalue weighted by Gasteiger charge is -2.36. The van der Waals surface area contributed by atoms with Crippen molar-refractivity contribution < 1.29 is 14.5 Å². The summed E-state index contributed by atoms with van der Waals surface area (Å²) >= 11 is 6.66. The van der Waals surface area contributed by atoms with Gasteiger partial charge in [0.25, 0.3) is 5.69 Å². The van der Waals surface area contributed by atoms with Gasteiger partial charge in [0, 0.05) is 39.5 Å². The molecule has 34 heavy (non-hydrogen) atoms. The second-order valence-corrected chi connectivity index (χ2v) is 8.22. The van der Waals surface area contributed by atoms with Crippen LogP contribution in [0.15, 0.2) is 97.1 Å². The third kappa shape index (κ3) is 4.23. The number of ether oxygens (including phenoxy) is 1. The molecular formula is C27H21ClN2O4. The summed E-state index contributed by atoms with van der Waals surface area (Å²) in [5.41, 5.74) is 7.18. The van der Waals surface area contributed by atoms with E-state index in [2.05, 4.69) is 0 Å². The Hall–Kier alpha value is -4.16. The molecule has 1 atom stereocenters. The molecule has 2 N–H and O–H groups in total. The standard InChI is InChI=1S/C27H21ClN2O4/c1-18-11-13-20(14-12-18)27(19-7-3-2-4-8-19,23-9-5-6-10-24(23)28)34-26(31)22-17-21(30(32)33)15-16-25(22)29/h2-17H,29H2,1H3. The minimum atomic E-state index is -1.44. The first-order valence-corrected chi connectivity index (χ1v) is 10.9. The molecular weight excluding hydrogens is 452 g/mol. The number of rotatable bonds is 6. The summed E-state index contributed by atoms with van der Waals surface area (Å²) < 4.78 is 6.29. The highest BCUT2D eigenvalue weighted by atomic mass is 35.5. The van der Waals surface area contributed by atoms with Crippen LogP contribution in [0.25, 0.3) is 0 Å². The number of hydrogen-bond acceptors (Lipinski definition) is 5. The van der Waals surface area contributed by atoms with E-state index in [9.17, 15) is 14.9 Å². The third-order valence-electron chi connectivity index (χ3n) is 5.60. The third-order valence-corrected chi connectivity index (χ3v) is 5.93. The van der Waals surface area contributed by atoms with Gasteiger partial charge in [0.15, 0.2) is 5.60 Å². The van der Waals surface area contributed by atoms with E-state index in [1.54, 1.807) is 18.2 Å². The van der Waals surface area contributed by atoms with Gasteiger partial charge in [-0.3, -0.25) is 10.1 Å². The van der Waals surface area contributed by atoms with Gasteiger partial charge in [-0.05, 0) is 19.1 Å². The van der Waals surface area contributed by atoms with Crippen molar-refractivity contribution >= 4 is 28.9 Å². The van der Waals surface area contributed by atoms with Crippen LogP contribution in [-0.2, 0) is 10.3 Å². The highest BCUT2D eigenvalue weighted by Crippen LogP contribution is 2.44. The van der Waals surface area contributed by atoms with Crippen LogP contribution in [0.2, 0.25) is 5.02 Å². The molecule has 0 amide bonds. The first-order valence-electron chi connectivity index (χ1n) is 10.5. The van der Waals surface area contributed by atoms with Crippen LogP contribution in [0.1, 0.15) is 32.6 Å². The lowest BCUT2D eigenvalue weighted by atomic mass is 9.79. The molecule has 1 unspecified atom stereocenters. The Kier molecular flexibility index (Phi) is 6.34. The monoisotopic (exact) mass is 472 g/mol. The molecule has 0 saturated heterocycles. The van der Waals surface area contributed by atoms with Gasteiger partial charge in [0.1, 0.15) is 0 Å². The smallest absolute Gasteiger partial charge is 0.342 e. The molecule has 6 nitrogen and oxygen atoms in total. The second kappa shape index (κ2) is 9.37. The molecule has 0 aliphatic rings. The van der Waals surface area contributed by atoms with Crippen LogP contribution in [0.5, 0.6) is 0 Å². The Bertz CT molecular complexity index is 1360. The predicted octanol–water partition coefficient (Wildman–Crippen LogP) is 6.29. The molecule has 0 fully saturated rings. The number of carbonyl (C=O) groups is 1. The fourth-order valence-electron chi connectivity index (χ4n) is 3.89. The molecule has 0 aliphatic heterocycles. The first kappa shape index (κ1) is 23.0. The number of nitrogens with zero attached hydrogens (tertiary/aromatic N) is 1. The molecule has 7 heteroatoms. The number of carbonyl (C=O) groups excluding carboxylic acids is 1. The van der Waals surface area contributed by atoms with Crippen LogP contribution < -0.4 is 5.73 Å². The van der Waals surface area contributed by atoms with Crippen molar-refractivity contribution in [3.05, 3.63) is 140 Å². The lowest BCUT2D eigenvalue weighted by Crippen LogP contribution is -2.36. The summed E-state index contributed by atoms with van der Waals surface area (Å²) in [4.78, 5) is 24.3. The molecule has 4 rings (SSSR count). The molecule has 0 bridgehead atoms. The molecule has 4 aromatic rings. The zero-order valence-electron chi connectivity index (χ0n) is 18.3. The minimum Gasteiger partial charge on any atom is -0.441 e. The van der Waals surface area contributed by atoms with Gasteiger partial charge in [-0.1, -0.05) is 90.0 Å². The average molecular weight is 473 g/mol. The number of anilines is 1. The summed E-state index contributed by atoms with van der Waals surface area (Å²) in [7, 11) is 0. The number of halogens is 1. The highest BCUT2D eigenvalue weighted by molar-refractivity contribution is 6.31. The molecule has 0 aromatic heterocycles. The zero-order valence-corrected chi connectivity index (χ0v) is 19.0. The summed E-state index contributed by atoms with van der Waals surface area (Å²) in [6.07, 6.45) is 0. The minimum absolute atomic E-state index is 0.0700. The number of esters is 1. The number of hydrogen-bond donors (Lipinski definition) is 1. The highest BCUT2D eigenvalue weighted by Gasteiger charge is 2.42. The van der Waals surface area contributed by atoms with Gasteiger partial charge in [-0.2, -0.15) is 0 Å². The number of nitrogens with two attached hydrogens (primary N) is 1. The Balaban J connectivity index is 1.99. The van der Waals surface area contributed by atoms with Gasteiger partial charge >= 0.3 is 5.97 Å². The number of aryl methyl sites for hydroxylation is 1. The fourth-order valence-corrected chi connectivity index (χ4v) is 4.16. The van der Waals surface area contributed by atoms with Gasteiger partial charge in [-0.15, -0.1) is 0 Å². The summed E-state index contributed by atoms with van der Waals surface area (Å²) in [6, 6.07) is 27.6. The van der Waals surface area contributed by atoms with Crippen LogP contribution >= 0.6 is 11.6 Å². The van der Waals surface area contributed by atoms with Crippen molar-refractivity contribution in [1.29, 1.82) is 0 Å². The average Bonchev–Trinajstić information content (AvgIpc) is 2.84. The summed E-state index contributed by atoms with van der Waals surface area (Å²) in [5.74, 6) is -0.814. The number of nitro benzene ring substituents is 1. The lowest BCUT2D eigenvalue weighted by molar-refractivity contribution is -0.384. The predicted molar refractivity (Wildman–Crippen MR) is 132 cm³/mol. The van der Waals surface area contributed by atoms with Gasteiger partial charge in [-0.25, -0.2) is 4.79 Å². The van der Waals surface area contributed by atoms with E-state index >= 15 is 0 Å². The van der Waals surface area contributed by atoms with Crippen LogP contribution in [0.4, 0.5) is 11.4 Å². The van der Waals surface area contributed by atoms with Crippen LogP contribution in [0, 0.1) is 17.0 Å². The van der Waals surface area contributed by atoms with E-state index in [4.69, 9.17) is 22.1 Å². The number of benzene rings is 4. The van der Waals surface area contributed by atoms with Gasteiger partial charge < -0.3 is 10.5 Å². The van der Waals surface area contributed by atoms with Crippen LogP contribution in [-0.4, -0.2) is 10.9 Å². The van der Waals surface area contributed by atoms with Crippen molar-refractivity contribution in [1.82, 2.24) is 0 Å². The zero-order chi connectivity index (χ0) is 24.3. The van der Waals surface area contributed by atoms with E-state index in [1.807, 2.05) is 67.6 Å². The Morgan fingerprint density at radius 2 is 1.53 bits per heavy atom. The SMILES string of the molecule is Cc1ccc(C(OC(=O)c2cc([N+](=O)[O-])ccc2N)(c2ccccc2)c2ccccc2Cl)cc1. The van der Waals surface area contributed by atoms with E-state index in [-0.39, 0.29) is 16.9 Å². The summed E-state index contributed by atoms with van der Waals surface area (Å²) in [6.45, 7) is 1.96. The molecule has 4 aromatic carbocycles. The molecule has 0 aliphatic carbocycles. The number of nitrogen functional groups attached to an aromatic ring is 1. The Morgan fingerprint density at radius 1 is 0.912 bits per heavy atom. The number of nitro groups is 1. The maximum Gasteiger partial charge on any atom is 0.342 e. The summed E-state index contributed by atoms with van der Waals surface area (Å²) in [5, 5.41) is 11.7. The molecule has 0 saturated carbocycles. The maximum atomic E-state index is 13.6. The Morgan fingerprint density at radius 3 is 2.18 bits per heavy atom. The quantitative estimate of drug-likeness (QED) is 0.117. The molecule has 0 radical (unpaired) electrons. The van der Waals surface area contributed by atoms with Crippen LogP contribution in [0.3, 0.4) is 0 Å². The molecule has 0 heterocycles. The maximum absolute atomic E-state index is 13.6. The van der Waals surface area contributed by atoms with Gasteiger partial charge in [0.05, 0.1) is 10.5 Å². The second-order valence-electron chi connectivity index (χ2n) is 7.81. The van der Waals surface area contributed by atoms with Crippen molar-refractivity contribution in [3.63, 3.8) is 0 Å². The fraction of sp³-hybridized carbons (Fsp3) is 0.0741. The van der Waals surface area contributed by atoms with E-state index in [1.165, 1.54) is 12.1 Å². The van der Waals surface area contributed by atoms with Crippen molar-refractivity contribution in [3.8, 4) is 0 Å². The topological polar surface area (TPSA) is 95.5 Å². The van der Waals surface area contributed by atoms with Gasteiger partial charge in [0.2, 0.25) is 0 Å². The van der Waals surface area contributed by atoms with E-state index in [0.717, 1.165) is 11.6 Å². The normalized spacial score (nSPS) is 12.5. The van der Waals surface area contributed by atoms with Crippen molar-refractivity contribution in [2.75, 3.05) is 5.73 Å². The van der Waals surface area contributed by atoms with E-state index < -0.39 is 16.5 Å². The van der Waals surface area contributed by atoms with Crippen molar-refractivity contribution in [2.24, 2.45) is 0 Å². The largest absolute Gasteiger partial charge is 0.441 e.